The highest BCUT2D eigenvalue weighted by Crippen LogP contribution is 2.35. The predicted octanol–water partition coefficient (Wildman–Crippen LogP) is 2.76. The molecule has 0 fully saturated rings. The van der Waals surface area contributed by atoms with E-state index in [2.05, 4.69) is 21.2 Å². The fourth-order valence-electron chi connectivity index (χ4n) is 2.86. The molecule has 0 aliphatic carbocycles. The fourth-order valence-corrected chi connectivity index (χ4v) is 3.41. The number of carbonyl (C=O) groups excluding carboxylic acids is 1. The molecule has 0 saturated carbocycles. The van der Waals surface area contributed by atoms with E-state index in [0.717, 1.165) is 11.3 Å². The van der Waals surface area contributed by atoms with Gasteiger partial charge in [0.1, 0.15) is 11.6 Å². The Bertz CT molecular complexity index is 913. The summed E-state index contributed by atoms with van der Waals surface area (Å²) in [5, 5.41) is 3.09. The van der Waals surface area contributed by atoms with Crippen molar-refractivity contribution in [3.05, 3.63) is 45.7 Å². The van der Waals surface area contributed by atoms with Gasteiger partial charge in [-0.15, -0.1) is 6.42 Å². The van der Waals surface area contributed by atoms with Crippen molar-refractivity contribution in [1.29, 1.82) is 0 Å². The van der Waals surface area contributed by atoms with Crippen LogP contribution in [0, 0.1) is 12.3 Å². The number of nitrogens with one attached hydrogen (secondary N) is 2. The highest BCUT2D eigenvalue weighted by Gasteiger charge is 2.30. The van der Waals surface area contributed by atoms with Gasteiger partial charge < -0.3 is 15.0 Å². The van der Waals surface area contributed by atoms with Crippen LogP contribution in [0.1, 0.15) is 37.3 Å². The molecule has 1 aromatic carbocycles. The van der Waals surface area contributed by atoms with E-state index in [1.165, 1.54) is 11.8 Å². The number of carbonyl (C=O) groups is 1. The zero-order valence-electron chi connectivity index (χ0n) is 14.5. The summed E-state index contributed by atoms with van der Waals surface area (Å²) in [6.45, 7) is 3.91. The number of H-pyrrole nitrogens is 1. The van der Waals surface area contributed by atoms with Gasteiger partial charge in [-0.2, -0.15) is 0 Å². The van der Waals surface area contributed by atoms with Crippen molar-refractivity contribution in [2.75, 3.05) is 11.1 Å². The highest BCUT2D eigenvalue weighted by atomic mass is 32.2. The van der Waals surface area contributed by atoms with Gasteiger partial charge in [0.2, 0.25) is 5.91 Å². The van der Waals surface area contributed by atoms with Gasteiger partial charge in [-0.1, -0.05) is 29.8 Å². The van der Waals surface area contributed by atoms with Crippen LogP contribution < -0.4 is 15.6 Å². The van der Waals surface area contributed by atoms with Crippen LogP contribution in [0.4, 0.5) is 5.82 Å². The van der Waals surface area contributed by atoms with Crippen molar-refractivity contribution < 1.29 is 9.53 Å². The van der Waals surface area contributed by atoms with Crippen LogP contribution in [-0.2, 0) is 4.79 Å². The number of aromatic amines is 1. The molecule has 0 unspecified atom stereocenters. The number of amides is 1. The number of hydrogen-bond donors (Lipinski definition) is 2. The smallest absolute Gasteiger partial charge is 0.257 e. The molecule has 1 atom stereocenters. The zero-order valence-corrected chi connectivity index (χ0v) is 15.4. The molecule has 1 amide bonds. The topological polar surface area (TPSA) is 84.1 Å². The van der Waals surface area contributed by atoms with Gasteiger partial charge in [0.15, 0.2) is 5.16 Å². The van der Waals surface area contributed by atoms with Gasteiger partial charge in [0.05, 0.1) is 17.4 Å². The molecule has 3 rings (SSSR count). The molecule has 0 saturated heterocycles. The monoisotopic (exact) mass is 369 g/mol. The number of fused-ring (bicyclic) bond motifs is 1. The van der Waals surface area contributed by atoms with Crippen LogP contribution in [0.2, 0.25) is 0 Å². The van der Waals surface area contributed by atoms with Crippen LogP contribution in [0.25, 0.3) is 0 Å². The molecule has 0 bridgehead atoms. The molecule has 1 aliphatic rings. The van der Waals surface area contributed by atoms with E-state index in [0.29, 0.717) is 22.3 Å². The molecule has 0 spiro atoms. The Kier molecular flexibility index (Phi) is 5.33. The molecular weight excluding hydrogens is 350 g/mol. The van der Waals surface area contributed by atoms with Crippen molar-refractivity contribution in [3.63, 3.8) is 0 Å². The number of ether oxygens (including phenoxy) is 1. The van der Waals surface area contributed by atoms with Crippen LogP contribution >= 0.6 is 11.8 Å². The molecule has 0 radical (unpaired) electrons. The van der Waals surface area contributed by atoms with Crippen molar-refractivity contribution in [3.8, 4) is 18.1 Å². The molecule has 134 valence electrons. The fraction of sp³-hybridized carbons (Fsp3) is 0.316. The Morgan fingerprint density at radius 3 is 2.73 bits per heavy atom. The van der Waals surface area contributed by atoms with Gasteiger partial charge in [-0.3, -0.25) is 9.59 Å². The highest BCUT2D eigenvalue weighted by molar-refractivity contribution is 7.99. The lowest BCUT2D eigenvalue weighted by atomic mass is 9.87. The molecule has 26 heavy (non-hydrogen) atoms. The van der Waals surface area contributed by atoms with Gasteiger partial charge in [0.25, 0.3) is 5.56 Å². The quantitative estimate of drug-likeness (QED) is 0.481. The van der Waals surface area contributed by atoms with Gasteiger partial charge >= 0.3 is 0 Å². The van der Waals surface area contributed by atoms with Crippen molar-refractivity contribution in [1.82, 2.24) is 9.97 Å². The van der Waals surface area contributed by atoms with E-state index in [1.54, 1.807) is 0 Å². The Morgan fingerprint density at radius 1 is 1.35 bits per heavy atom. The third-order valence-electron chi connectivity index (χ3n) is 3.88. The number of thioether (sulfide) groups is 1. The summed E-state index contributed by atoms with van der Waals surface area (Å²) in [5.41, 5.74) is 1.07. The summed E-state index contributed by atoms with van der Waals surface area (Å²) in [7, 11) is 0. The third kappa shape index (κ3) is 3.92. The minimum atomic E-state index is -0.352. The van der Waals surface area contributed by atoms with E-state index in [9.17, 15) is 9.59 Å². The maximum absolute atomic E-state index is 12.6. The molecule has 1 aromatic heterocycles. The SMILES string of the molecule is C#CCSc1nc2c(c(=O)[nH]1)[C@H](c1ccc(OC(C)C)cc1)CC(=O)N2. The van der Waals surface area contributed by atoms with Crippen LogP contribution in [0.15, 0.2) is 34.2 Å². The second-order valence-corrected chi connectivity index (χ2v) is 7.13. The normalized spacial score (nSPS) is 15.9. The Morgan fingerprint density at radius 2 is 2.08 bits per heavy atom. The molecule has 1 aliphatic heterocycles. The van der Waals surface area contributed by atoms with E-state index < -0.39 is 0 Å². The average Bonchev–Trinajstić information content (AvgIpc) is 2.59. The number of hydrogen-bond acceptors (Lipinski definition) is 5. The largest absolute Gasteiger partial charge is 0.491 e. The van der Waals surface area contributed by atoms with E-state index in [-0.39, 0.29) is 29.9 Å². The van der Waals surface area contributed by atoms with E-state index in [1.807, 2.05) is 38.1 Å². The first-order chi connectivity index (χ1) is 12.5. The number of aromatic nitrogens is 2. The summed E-state index contributed by atoms with van der Waals surface area (Å²) in [6, 6.07) is 7.46. The molecule has 2 aromatic rings. The summed E-state index contributed by atoms with van der Waals surface area (Å²) in [5.74, 6) is 3.39. The number of benzene rings is 1. The third-order valence-corrected chi connectivity index (χ3v) is 4.65. The lowest BCUT2D eigenvalue weighted by Gasteiger charge is -2.24. The van der Waals surface area contributed by atoms with E-state index in [4.69, 9.17) is 11.2 Å². The predicted molar refractivity (Wildman–Crippen MR) is 102 cm³/mol. The molecule has 2 N–H and O–H groups in total. The molecular formula is C19H19N3O3S. The zero-order chi connectivity index (χ0) is 18.7. The van der Waals surface area contributed by atoms with Gasteiger partial charge in [0, 0.05) is 12.3 Å². The summed E-state index contributed by atoms with van der Waals surface area (Å²) >= 11 is 1.24. The minimum absolute atomic E-state index is 0.0769. The van der Waals surface area contributed by atoms with Crippen LogP contribution in [0.5, 0.6) is 5.75 Å². The maximum atomic E-state index is 12.6. The van der Waals surface area contributed by atoms with Crippen molar-refractivity contribution in [2.45, 2.75) is 37.4 Å². The molecule has 2 heterocycles. The van der Waals surface area contributed by atoms with Crippen LogP contribution in [-0.4, -0.2) is 27.7 Å². The summed E-state index contributed by atoms with van der Waals surface area (Å²) < 4.78 is 5.65. The Hall–Kier alpha value is -2.72. The first-order valence-corrected chi connectivity index (χ1v) is 9.23. The lowest BCUT2D eigenvalue weighted by molar-refractivity contribution is -0.116. The average molecular weight is 369 g/mol. The van der Waals surface area contributed by atoms with Crippen molar-refractivity contribution >= 4 is 23.5 Å². The van der Waals surface area contributed by atoms with Crippen molar-refractivity contribution in [2.24, 2.45) is 0 Å². The van der Waals surface area contributed by atoms with Crippen LogP contribution in [0.3, 0.4) is 0 Å². The lowest BCUT2D eigenvalue weighted by Crippen LogP contribution is -2.31. The summed E-state index contributed by atoms with van der Waals surface area (Å²) in [6.07, 6.45) is 5.51. The standard InChI is InChI=1S/C19H19N3O3S/c1-4-9-26-19-21-17-16(18(24)22-19)14(10-15(23)20-17)12-5-7-13(8-6-12)25-11(2)3/h1,5-8,11,14H,9-10H2,2-3H3,(H2,20,21,22,23,24)/t14-/m0/s1. The number of anilines is 1. The second-order valence-electron chi connectivity index (χ2n) is 6.17. The Labute approximate surface area is 155 Å². The maximum Gasteiger partial charge on any atom is 0.257 e. The second kappa shape index (κ2) is 7.67. The van der Waals surface area contributed by atoms with E-state index >= 15 is 0 Å². The number of terminal acetylenes is 1. The van der Waals surface area contributed by atoms with Gasteiger partial charge in [-0.05, 0) is 31.5 Å². The van der Waals surface area contributed by atoms with Gasteiger partial charge in [-0.25, -0.2) is 4.98 Å². The minimum Gasteiger partial charge on any atom is -0.491 e. The first kappa shape index (κ1) is 18.1. The first-order valence-electron chi connectivity index (χ1n) is 8.25. The number of rotatable bonds is 5. The molecule has 6 nitrogen and oxygen atoms in total. The molecule has 7 heteroatoms. The summed E-state index contributed by atoms with van der Waals surface area (Å²) in [4.78, 5) is 31.8. The Balaban J connectivity index is 1.97. The number of nitrogens with zero attached hydrogens (tertiary/aromatic N) is 1.